The molecule has 144 valence electrons. The van der Waals surface area contributed by atoms with Gasteiger partial charge in [0, 0.05) is 5.41 Å². The Bertz CT molecular complexity index is 594. The zero-order valence-electron chi connectivity index (χ0n) is 18.1. The SMILES string of the molecule is C=C/C=C(\C=C/CC=C)C1=CCC(C)(CC)/C(=C\CC)C1(C)C=C.CC. The predicted octanol–water partition coefficient (Wildman–Crippen LogP) is 8.53. The molecule has 0 saturated heterocycles. The Kier molecular flexibility index (Phi) is 10.9. The summed E-state index contributed by atoms with van der Waals surface area (Å²) in [6.07, 6.45) is 21.3. The third-order valence-corrected chi connectivity index (χ3v) is 5.33. The van der Waals surface area contributed by atoms with Crippen molar-refractivity contribution in [2.75, 3.05) is 0 Å². The van der Waals surface area contributed by atoms with Crippen molar-refractivity contribution >= 4 is 0 Å². The fraction of sp³-hybridized carbons (Fsp3) is 0.462. The number of hydrogen-bond donors (Lipinski definition) is 0. The molecule has 2 unspecified atom stereocenters. The third kappa shape index (κ3) is 5.34. The van der Waals surface area contributed by atoms with Gasteiger partial charge in [0.2, 0.25) is 0 Å². The topological polar surface area (TPSA) is 0 Å². The summed E-state index contributed by atoms with van der Waals surface area (Å²) in [7, 11) is 0. The third-order valence-electron chi connectivity index (χ3n) is 5.33. The molecule has 0 radical (unpaired) electrons. The van der Waals surface area contributed by atoms with Gasteiger partial charge in [0.15, 0.2) is 0 Å². The van der Waals surface area contributed by atoms with Gasteiger partial charge in [-0.15, -0.1) is 13.2 Å². The molecule has 0 aromatic carbocycles. The minimum atomic E-state index is -0.146. The molecule has 1 aliphatic rings. The van der Waals surface area contributed by atoms with Gasteiger partial charge < -0.3 is 0 Å². The van der Waals surface area contributed by atoms with Gasteiger partial charge in [-0.05, 0) is 49.2 Å². The van der Waals surface area contributed by atoms with Gasteiger partial charge in [-0.2, -0.15) is 0 Å². The molecule has 1 aliphatic carbocycles. The van der Waals surface area contributed by atoms with Crippen LogP contribution in [0.25, 0.3) is 0 Å². The van der Waals surface area contributed by atoms with Crippen LogP contribution in [0, 0.1) is 10.8 Å². The lowest BCUT2D eigenvalue weighted by atomic mass is 9.57. The zero-order valence-corrected chi connectivity index (χ0v) is 18.1. The van der Waals surface area contributed by atoms with Crippen LogP contribution in [0.4, 0.5) is 0 Å². The number of hydrogen-bond acceptors (Lipinski definition) is 0. The van der Waals surface area contributed by atoms with Crippen LogP contribution in [0.2, 0.25) is 0 Å². The summed E-state index contributed by atoms with van der Waals surface area (Å²) in [5, 5.41) is 0. The van der Waals surface area contributed by atoms with Gasteiger partial charge >= 0.3 is 0 Å². The molecular weight excluding hydrogens is 312 g/mol. The van der Waals surface area contributed by atoms with E-state index in [0.29, 0.717) is 0 Å². The minimum absolute atomic E-state index is 0.146. The first kappa shape index (κ1) is 24.2. The first-order chi connectivity index (χ1) is 12.4. The van der Waals surface area contributed by atoms with E-state index < -0.39 is 0 Å². The maximum Gasteiger partial charge on any atom is 0.0318 e. The monoisotopic (exact) mass is 352 g/mol. The molecule has 0 aromatic rings. The van der Waals surface area contributed by atoms with E-state index in [-0.39, 0.29) is 10.8 Å². The van der Waals surface area contributed by atoms with Gasteiger partial charge in [-0.25, -0.2) is 0 Å². The molecule has 0 aliphatic heterocycles. The van der Waals surface area contributed by atoms with Crippen LogP contribution >= 0.6 is 0 Å². The second kappa shape index (κ2) is 11.7. The van der Waals surface area contributed by atoms with E-state index in [1.165, 1.54) is 16.7 Å². The van der Waals surface area contributed by atoms with Crippen LogP contribution in [-0.2, 0) is 0 Å². The van der Waals surface area contributed by atoms with E-state index in [0.717, 1.165) is 25.7 Å². The van der Waals surface area contributed by atoms with Gasteiger partial charge in [0.05, 0.1) is 0 Å². The fourth-order valence-electron chi connectivity index (χ4n) is 3.71. The summed E-state index contributed by atoms with van der Waals surface area (Å²) >= 11 is 0. The lowest BCUT2D eigenvalue weighted by Crippen LogP contribution is -2.35. The van der Waals surface area contributed by atoms with Crippen molar-refractivity contribution in [3.05, 3.63) is 85.1 Å². The maximum atomic E-state index is 4.20. The lowest BCUT2D eigenvalue weighted by molar-refractivity contribution is 0.311. The lowest BCUT2D eigenvalue weighted by Gasteiger charge is -2.47. The highest BCUT2D eigenvalue weighted by atomic mass is 14.5. The Morgan fingerprint density at radius 1 is 1.15 bits per heavy atom. The fourth-order valence-corrected chi connectivity index (χ4v) is 3.71. The average molecular weight is 353 g/mol. The molecule has 0 fully saturated rings. The molecule has 0 saturated carbocycles. The van der Waals surface area contributed by atoms with Crippen molar-refractivity contribution in [1.82, 2.24) is 0 Å². The molecule has 2 atom stereocenters. The second-order valence-electron chi connectivity index (χ2n) is 6.95. The molecule has 0 heterocycles. The smallest absolute Gasteiger partial charge is 0.0318 e. The molecule has 0 N–H and O–H groups in total. The van der Waals surface area contributed by atoms with Crippen LogP contribution in [0.15, 0.2) is 85.1 Å². The first-order valence-corrected chi connectivity index (χ1v) is 10.1. The van der Waals surface area contributed by atoms with Crippen LogP contribution < -0.4 is 0 Å². The van der Waals surface area contributed by atoms with E-state index >= 15 is 0 Å². The summed E-state index contributed by atoms with van der Waals surface area (Å²) in [4.78, 5) is 0. The summed E-state index contributed by atoms with van der Waals surface area (Å²) in [6.45, 7) is 25.1. The Morgan fingerprint density at radius 2 is 1.81 bits per heavy atom. The molecular formula is C26H40. The van der Waals surface area contributed by atoms with Crippen LogP contribution in [0.3, 0.4) is 0 Å². The van der Waals surface area contributed by atoms with Crippen LogP contribution in [0.5, 0.6) is 0 Å². The summed E-state index contributed by atoms with van der Waals surface area (Å²) < 4.78 is 0. The van der Waals surface area contributed by atoms with E-state index in [2.05, 4.69) is 83.9 Å². The van der Waals surface area contributed by atoms with E-state index in [4.69, 9.17) is 0 Å². The zero-order chi connectivity index (χ0) is 20.2. The van der Waals surface area contributed by atoms with E-state index in [1.54, 1.807) is 0 Å². The highest BCUT2D eigenvalue weighted by Gasteiger charge is 2.43. The molecule has 0 spiro atoms. The first-order valence-electron chi connectivity index (χ1n) is 10.1. The van der Waals surface area contributed by atoms with Crippen molar-refractivity contribution in [3.63, 3.8) is 0 Å². The van der Waals surface area contributed by atoms with Crippen LogP contribution in [-0.4, -0.2) is 0 Å². The Hall–Kier alpha value is -1.82. The summed E-state index contributed by atoms with van der Waals surface area (Å²) in [5.74, 6) is 0. The number of rotatable bonds is 8. The van der Waals surface area contributed by atoms with Gasteiger partial charge in [0.1, 0.15) is 0 Å². The van der Waals surface area contributed by atoms with Gasteiger partial charge in [-0.1, -0.05) is 95.4 Å². The highest BCUT2D eigenvalue weighted by molar-refractivity contribution is 5.55. The molecule has 0 heteroatoms. The van der Waals surface area contributed by atoms with E-state index in [1.807, 2.05) is 26.0 Å². The molecule has 0 nitrogen and oxygen atoms in total. The van der Waals surface area contributed by atoms with Crippen LogP contribution in [0.1, 0.15) is 67.2 Å². The Labute approximate surface area is 163 Å². The highest BCUT2D eigenvalue weighted by Crippen LogP contribution is 2.55. The van der Waals surface area contributed by atoms with Crippen molar-refractivity contribution in [1.29, 1.82) is 0 Å². The van der Waals surface area contributed by atoms with Gasteiger partial charge in [0.25, 0.3) is 0 Å². The Balaban J connectivity index is 0.00000301. The normalized spacial score (nSPS) is 27.5. The van der Waals surface area contributed by atoms with Gasteiger partial charge in [-0.3, -0.25) is 0 Å². The number of allylic oxidation sites excluding steroid dienone is 11. The standard InChI is InChI=1S/C24H34.C2H6/c1-8-13-14-17-20(15-9-2)21-18-19-23(6,11-4)22(16-10-3)24(21,7)12-5;1-2/h8-9,12,14-18H,1-2,5,10-11,13,19H2,3-4,6-7H3;1-2H3/b17-14-,20-15+,22-16+;. The quantitative estimate of drug-likeness (QED) is 0.303. The minimum Gasteiger partial charge on any atom is -0.103 e. The summed E-state index contributed by atoms with van der Waals surface area (Å²) in [5.41, 5.74) is 4.11. The van der Waals surface area contributed by atoms with Crippen molar-refractivity contribution in [3.8, 4) is 0 Å². The molecule has 0 amide bonds. The molecule has 26 heavy (non-hydrogen) atoms. The van der Waals surface area contributed by atoms with E-state index in [9.17, 15) is 0 Å². The Morgan fingerprint density at radius 3 is 2.27 bits per heavy atom. The second-order valence-corrected chi connectivity index (χ2v) is 6.95. The molecule has 1 rings (SSSR count). The van der Waals surface area contributed by atoms with Crippen molar-refractivity contribution in [2.24, 2.45) is 10.8 Å². The predicted molar refractivity (Wildman–Crippen MR) is 121 cm³/mol. The molecule has 0 bridgehead atoms. The average Bonchev–Trinajstić information content (AvgIpc) is 2.66. The van der Waals surface area contributed by atoms with Crippen molar-refractivity contribution in [2.45, 2.75) is 67.2 Å². The summed E-state index contributed by atoms with van der Waals surface area (Å²) in [6, 6.07) is 0. The molecule has 0 aromatic heterocycles. The maximum absolute atomic E-state index is 4.20. The van der Waals surface area contributed by atoms with Crippen molar-refractivity contribution < 1.29 is 0 Å². The largest absolute Gasteiger partial charge is 0.103 e.